The molecule has 0 spiro atoms. The van der Waals surface area contributed by atoms with Crippen LogP contribution in [0.3, 0.4) is 0 Å². The Morgan fingerprint density at radius 2 is 1.76 bits per heavy atom. The minimum atomic E-state index is 0.379. The zero-order valence-corrected chi connectivity index (χ0v) is 11.5. The molecule has 2 nitrogen and oxygen atoms in total. The Labute approximate surface area is 106 Å². The summed E-state index contributed by atoms with van der Waals surface area (Å²) in [7, 11) is 0. The SMILES string of the molecule is CC(C)N(CC(=O)C1CCCCC1)CC1CC1. The lowest BCUT2D eigenvalue weighted by molar-refractivity contribution is -0.125. The smallest absolute Gasteiger partial charge is 0.149 e. The van der Waals surface area contributed by atoms with E-state index in [0.717, 1.165) is 25.3 Å². The van der Waals surface area contributed by atoms with Crippen LogP contribution >= 0.6 is 0 Å². The van der Waals surface area contributed by atoms with Crippen molar-refractivity contribution in [1.82, 2.24) is 4.90 Å². The molecule has 0 aromatic carbocycles. The number of carbonyl (C=O) groups excluding carboxylic acids is 1. The molecule has 0 aromatic heterocycles. The van der Waals surface area contributed by atoms with Crippen molar-refractivity contribution in [2.24, 2.45) is 11.8 Å². The molecule has 0 aromatic rings. The van der Waals surface area contributed by atoms with Crippen LogP contribution in [0.1, 0.15) is 58.8 Å². The van der Waals surface area contributed by atoms with Crippen molar-refractivity contribution in [3.63, 3.8) is 0 Å². The van der Waals surface area contributed by atoms with Gasteiger partial charge in [-0.15, -0.1) is 0 Å². The normalized spacial score (nSPS) is 22.4. The Morgan fingerprint density at radius 1 is 1.12 bits per heavy atom. The molecule has 2 aliphatic carbocycles. The largest absolute Gasteiger partial charge is 0.298 e. The van der Waals surface area contributed by atoms with Crippen LogP contribution in [0.4, 0.5) is 0 Å². The molecule has 0 heterocycles. The van der Waals surface area contributed by atoms with Gasteiger partial charge >= 0.3 is 0 Å². The molecular formula is C15H27NO. The van der Waals surface area contributed by atoms with Gasteiger partial charge in [-0.2, -0.15) is 0 Å². The van der Waals surface area contributed by atoms with E-state index in [1.807, 2.05) is 0 Å². The second-order valence-electron chi connectivity index (χ2n) is 6.27. The minimum absolute atomic E-state index is 0.379. The van der Waals surface area contributed by atoms with Gasteiger partial charge in [-0.1, -0.05) is 19.3 Å². The lowest BCUT2D eigenvalue weighted by Crippen LogP contribution is -2.39. The molecule has 0 aliphatic heterocycles. The number of hydrogen-bond donors (Lipinski definition) is 0. The molecule has 2 fully saturated rings. The van der Waals surface area contributed by atoms with Crippen LogP contribution < -0.4 is 0 Å². The second kappa shape index (κ2) is 5.99. The van der Waals surface area contributed by atoms with Gasteiger partial charge in [0.1, 0.15) is 5.78 Å². The van der Waals surface area contributed by atoms with Crippen LogP contribution in [-0.2, 0) is 4.79 Å². The quantitative estimate of drug-likeness (QED) is 0.707. The fourth-order valence-corrected chi connectivity index (χ4v) is 2.84. The highest BCUT2D eigenvalue weighted by atomic mass is 16.1. The average Bonchev–Trinajstić information content (AvgIpc) is 3.13. The summed E-state index contributed by atoms with van der Waals surface area (Å²) in [5, 5.41) is 0. The van der Waals surface area contributed by atoms with E-state index in [2.05, 4.69) is 18.7 Å². The highest BCUT2D eigenvalue weighted by Crippen LogP contribution is 2.31. The summed E-state index contributed by atoms with van der Waals surface area (Å²) in [5.41, 5.74) is 0. The van der Waals surface area contributed by atoms with Gasteiger partial charge in [-0.05, 0) is 45.4 Å². The van der Waals surface area contributed by atoms with Gasteiger partial charge in [0.25, 0.3) is 0 Å². The molecule has 0 unspecified atom stereocenters. The minimum Gasteiger partial charge on any atom is -0.298 e. The fraction of sp³-hybridized carbons (Fsp3) is 0.933. The van der Waals surface area contributed by atoms with Gasteiger partial charge in [0.15, 0.2) is 0 Å². The maximum atomic E-state index is 12.3. The predicted molar refractivity (Wildman–Crippen MR) is 71.0 cm³/mol. The lowest BCUT2D eigenvalue weighted by atomic mass is 9.86. The molecule has 0 bridgehead atoms. The molecule has 98 valence electrons. The van der Waals surface area contributed by atoms with Gasteiger partial charge in [0.05, 0.1) is 6.54 Å². The number of rotatable bonds is 6. The summed E-state index contributed by atoms with van der Waals surface area (Å²) < 4.78 is 0. The summed E-state index contributed by atoms with van der Waals surface area (Å²) in [6.07, 6.45) is 8.91. The van der Waals surface area contributed by atoms with Crippen molar-refractivity contribution in [2.45, 2.75) is 64.8 Å². The average molecular weight is 237 g/mol. The number of ketones is 1. The van der Waals surface area contributed by atoms with E-state index in [1.165, 1.54) is 32.1 Å². The lowest BCUT2D eigenvalue weighted by Gasteiger charge is -2.28. The Hall–Kier alpha value is -0.370. The van der Waals surface area contributed by atoms with Crippen molar-refractivity contribution >= 4 is 5.78 Å². The van der Waals surface area contributed by atoms with E-state index in [1.54, 1.807) is 0 Å². The number of nitrogens with zero attached hydrogens (tertiary/aromatic N) is 1. The summed E-state index contributed by atoms with van der Waals surface area (Å²) in [6.45, 7) is 6.29. The van der Waals surface area contributed by atoms with Gasteiger partial charge in [-0.3, -0.25) is 9.69 Å². The summed E-state index contributed by atoms with van der Waals surface area (Å²) in [5.74, 6) is 1.78. The van der Waals surface area contributed by atoms with Gasteiger partial charge < -0.3 is 0 Å². The Morgan fingerprint density at radius 3 is 2.29 bits per heavy atom. The Balaban J connectivity index is 1.80. The molecule has 2 rings (SSSR count). The Kier molecular flexibility index (Phi) is 4.61. The van der Waals surface area contributed by atoms with E-state index in [4.69, 9.17) is 0 Å². The molecule has 2 saturated carbocycles. The molecule has 0 saturated heterocycles. The van der Waals surface area contributed by atoms with Crippen LogP contribution in [0.2, 0.25) is 0 Å². The summed E-state index contributed by atoms with van der Waals surface area (Å²) in [6, 6.07) is 0.517. The van der Waals surface area contributed by atoms with Crippen LogP contribution in [0.5, 0.6) is 0 Å². The first-order valence-electron chi connectivity index (χ1n) is 7.43. The van der Waals surface area contributed by atoms with Crippen LogP contribution in [-0.4, -0.2) is 29.8 Å². The van der Waals surface area contributed by atoms with Crippen molar-refractivity contribution in [2.75, 3.05) is 13.1 Å². The number of Topliss-reactive ketones (excluding diaryl/α,β-unsaturated/α-hetero) is 1. The number of hydrogen-bond acceptors (Lipinski definition) is 2. The van der Waals surface area contributed by atoms with Crippen molar-refractivity contribution in [1.29, 1.82) is 0 Å². The van der Waals surface area contributed by atoms with E-state index in [9.17, 15) is 4.79 Å². The molecule has 0 amide bonds. The van der Waals surface area contributed by atoms with Crippen LogP contribution in [0, 0.1) is 11.8 Å². The van der Waals surface area contributed by atoms with Crippen molar-refractivity contribution in [3.8, 4) is 0 Å². The Bertz CT molecular complexity index is 252. The molecule has 2 heteroatoms. The summed E-state index contributed by atoms with van der Waals surface area (Å²) in [4.78, 5) is 14.7. The molecule has 17 heavy (non-hydrogen) atoms. The standard InChI is InChI=1S/C15H27NO/c1-12(2)16(10-13-8-9-13)11-15(17)14-6-4-3-5-7-14/h12-14H,3-11H2,1-2H3. The topological polar surface area (TPSA) is 20.3 Å². The first-order chi connectivity index (χ1) is 8.16. The molecular weight excluding hydrogens is 210 g/mol. The third-order valence-electron chi connectivity index (χ3n) is 4.34. The van der Waals surface area contributed by atoms with E-state index in [-0.39, 0.29) is 0 Å². The summed E-state index contributed by atoms with van der Waals surface area (Å²) >= 11 is 0. The van der Waals surface area contributed by atoms with Gasteiger partial charge in [0, 0.05) is 18.5 Å². The third-order valence-corrected chi connectivity index (χ3v) is 4.34. The van der Waals surface area contributed by atoms with E-state index >= 15 is 0 Å². The monoisotopic (exact) mass is 237 g/mol. The highest BCUT2D eigenvalue weighted by Gasteiger charge is 2.28. The second-order valence-corrected chi connectivity index (χ2v) is 6.27. The van der Waals surface area contributed by atoms with Gasteiger partial charge in [-0.25, -0.2) is 0 Å². The van der Waals surface area contributed by atoms with Crippen LogP contribution in [0.25, 0.3) is 0 Å². The van der Waals surface area contributed by atoms with Crippen molar-refractivity contribution < 1.29 is 4.79 Å². The first kappa shape index (κ1) is 13.1. The molecule has 0 atom stereocenters. The first-order valence-corrected chi connectivity index (χ1v) is 7.43. The zero-order chi connectivity index (χ0) is 12.3. The zero-order valence-electron chi connectivity index (χ0n) is 11.5. The molecule has 0 N–H and O–H groups in total. The van der Waals surface area contributed by atoms with E-state index in [0.29, 0.717) is 24.3 Å². The maximum absolute atomic E-state index is 12.3. The number of carbonyl (C=O) groups is 1. The third kappa shape index (κ3) is 4.09. The van der Waals surface area contributed by atoms with Crippen molar-refractivity contribution in [3.05, 3.63) is 0 Å². The van der Waals surface area contributed by atoms with Crippen LogP contribution in [0.15, 0.2) is 0 Å². The molecule has 0 radical (unpaired) electrons. The molecule has 2 aliphatic rings. The highest BCUT2D eigenvalue weighted by molar-refractivity contribution is 5.83. The fourth-order valence-electron chi connectivity index (χ4n) is 2.84. The van der Waals surface area contributed by atoms with E-state index < -0.39 is 0 Å². The van der Waals surface area contributed by atoms with Gasteiger partial charge in [0.2, 0.25) is 0 Å². The maximum Gasteiger partial charge on any atom is 0.149 e. The predicted octanol–water partition coefficient (Wildman–Crippen LogP) is 3.26.